The lowest BCUT2D eigenvalue weighted by Crippen LogP contribution is -2.46. The van der Waals surface area contributed by atoms with Gasteiger partial charge in [-0.15, -0.1) is 0 Å². The Morgan fingerprint density at radius 3 is 2.63 bits per heavy atom. The van der Waals surface area contributed by atoms with E-state index in [1.807, 2.05) is 48.5 Å². The van der Waals surface area contributed by atoms with Crippen LogP contribution in [0, 0.1) is 0 Å². The highest BCUT2D eigenvalue weighted by Gasteiger charge is 2.34. The molecule has 0 aliphatic carbocycles. The zero-order valence-electron chi connectivity index (χ0n) is 17.1. The number of aromatic nitrogens is 3. The maximum atomic E-state index is 9.98. The fourth-order valence-corrected chi connectivity index (χ4v) is 3.96. The van der Waals surface area contributed by atoms with Gasteiger partial charge >= 0.3 is 0 Å². The van der Waals surface area contributed by atoms with Crippen LogP contribution < -0.4 is 9.47 Å². The summed E-state index contributed by atoms with van der Waals surface area (Å²) in [4.78, 5) is 2.26. The second-order valence-corrected chi connectivity index (χ2v) is 7.11. The number of benzene rings is 2. The molecule has 2 atom stereocenters. The van der Waals surface area contributed by atoms with Gasteiger partial charge in [0.05, 0.1) is 33.5 Å². The van der Waals surface area contributed by atoms with E-state index in [-0.39, 0.29) is 18.8 Å². The normalized spacial score (nSPS) is 19.6. The van der Waals surface area contributed by atoms with Crippen LogP contribution in [-0.2, 0) is 11.3 Å². The van der Waals surface area contributed by atoms with E-state index in [0.29, 0.717) is 31.2 Å². The number of aromatic amines is 1. The van der Waals surface area contributed by atoms with Crippen molar-refractivity contribution in [2.45, 2.75) is 18.7 Å². The van der Waals surface area contributed by atoms with Gasteiger partial charge in [0, 0.05) is 18.7 Å². The van der Waals surface area contributed by atoms with Crippen LogP contribution in [0.5, 0.6) is 11.5 Å². The molecule has 0 saturated carbocycles. The quantitative estimate of drug-likeness (QED) is 0.618. The predicted octanol–water partition coefficient (Wildman–Crippen LogP) is 2.42. The van der Waals surface area contributed by atoms with E-state index < -0.39 is 0 Å². The third-order valence-electron chi connectivity index (χ3n) is 5.41. The minimum atomic E-state index is -0.357. The Labute approximate surface area is 175 Å². The van der Waals surface area contributed by atoms with Gasteiger partial charge in [0.1, 0.15) is 17.5 Å². The van der Waals surface area contributed by atoms with E-state index in [1.165, 1.54) is 0 Å². The molecule has 2 N–H and O–H groups in total. The molecule has 8 heteroatoms. The predicted molar refractivity (Wildman–Crippen MR) is 111 cm³/mol. The Balaban J connectivity index is 1.66. The van der Waals surface area contributed by atoms with Gasteiger partial charge in [-0.05, 0) is 17.7 Å². The topological polar surface area (TPSA) is 92.7 Å². The number of methoxy groups -OCH3 is 2. The van der Waals surface area contributed by atoms with E-state index >= 15 is 0 Å². The third-order valence-corrected chi connectivity index (χ3v) is 5.41. The van der Waals surface area contributed by atoms with Gasteiger partial charge in [0.2, 0.25) is 0 Å². The highest BCUT2D eigenvalue weighted by atomic mass is 16.5. The van der Waals surface area contributed by atoms with Crippen molar-refractivity contribution in [2.24, 2.45) is 0 Å². The lowest BCUT2D eigenvalue weighted by molar-refractivity contribution is -0.0963. The number of nitrogens with one attached hydrogen (secondary N) is 1. The summed E-state index contributed by atoms with van der Waals surface area (Å²) in [7, 11) is 3.22. The van der Waals surface area contributed by atoms with E-state index in [9.17, 15) is 5.11 Å². The van der Waals surface area contributed by atoms with Crippen molar-refractivity contribution >= 4 is 0 Å². The lowest BCUT2D eigenvalue weighted by Gasteiger charge is -2.40. The molecule has 2 aromatic carbocycles. The zero-order valence-corrected chi connectivity index (χ0v) is 17.1. The SMILES string of the molecule is COc1ccc([C@H]2[C@H](CO)OCCN2Cc2n[nH]nc2-c2ccccc2)cc1OC. The Morgan fingerprint density at radius 1 is 1.10 bits per heavy atom. The van der Waals surface area contributed by atoms with E-state index in [0.717, 1.165) is 22.5 Å². The molecule has 0 bridgehead atoms. The van der Waals surface area contributed by atoms with Crippen molar-refractivity contribution in [3.05, 3.63) is 59.8 Å². The van der Waals surface area contributed by atoms with Crippen LogP contribution in [0.2, 0.25) is 0 Å². The Kier molecular flexibility index (Phi) is 6.27. The average Bonchev–Trinajstić information content (AvgIpc) is 3.27. The Hall–Kier alpha value is -2.94. The zero-order chi connectivity index (χ0) is 20.9. The van der Waals surface area contributed by atoms with Crippen LogP contribution >= 0.6 is 0 Å². The minimum absolute atomic E-state index is 0.0835. The molecule has 1 saturated heterocycles. The lowest BCUT2D eigenvalue weighted by atomic mass is 9.97. The largest absolute Gasteiger partial charge is 0.493 e. The maximum Gasteiger partial charge on any atom is 0.161 e. The van der Waals surface area contributed by atoms with Gasteiger partial charge < -0.3 is 19.3 Å². The number of ether oxygens (including phenoxy) is 3. The first-order valence-electron chi connectivity index (χ1n) is 9.88. The van der Waals surface area contributed by atoms with Crippen LogP contribution in [-0.4, -0.2) is 65.5 Å². The molecule has 0 radical (unpaired) electrons. The summed E-state index contributed by atoms with van der Waals surface area (Å²) in [5.74, 6) is 1.30. The van der Waals surface area contributed by atoms with Gasteiger partial charge in [-0.2, -0.15) is 15.4 Å². The maximum absolute atomic E-state index is 9.98. The number of H-pyrrole nitrogens is 1. The molecule has 3 aromatic rings. The molecule has 1 aliphatic heterocycles. The molecule has 0 spiro atoms. The van der Waals surface area contributed by atoms with Gasteiger partial charge in [0.15, 0.2) is 11.5 Å². The number of rotatable bonds is 7. The van der Waals surface area contributed by atoms with Crippen molar-refractivity contribution in [3.8, 4) is 22.8 Å². The van der Waals surface area contributed by atoms with Gasteiger partial charge in [-0.25, -0.2) is 0 Å². The second-order valence-electron chi connectivity index (χ2n) is 7.11. The molecule has 30 heavy (non-hydrogen) atoms. The number of aliphatic hydroxyl groups excluding tert-OH is 1. The molecular formula is C22H26N4O4. The molecule has 1 aromatic heterocycles. The molecule has 2 heterocycles. The van der Waals surface area contributed by atoms with Crippen molar-refractivity contribution in [1.29, 1.82) is 0 Å². The Morgan fingerprint density at radius 2 is 1.90 bits per heavy atom. The summed E-state index contributed by atoms with van der Waals surface area (Å²) in [5.41, 5.74) is 3.67. The molecule has 0 unspecified atom stereocenters. The first-order valence-corrected chi connectivity index (χ1v) is 9.88. The van der Waals surface area contributed by atoms with Crippen molar-refractivity contribution in [2.75, 3.05) is 34.0 Å². The van der Waals surface area contributed by atoms with Crippen LogP contribution in [0.4, 0.5) is 0 Å². The number of nitrogens with zero attached hydrogens (tertiary/aromatic N) is 3. The van der Waals surface area contributed by atoms with Gasteiger partial charge in [-0.3, -0.25) is 4.90 Å². The molecular weight excluding hydrogens is 384 g/mol. The fraction of sp³-hybridized carbons (Fsp3) is 0.364. The van der Waals surface area contributed by atoms with E-state index in [1.54, 1.807) is 14.2 Å². The van der Waals surface area contributed by atoms with Gasteiger partial charge in [0.25, 0.3) is 0 Å². The first-order chi connectivity index (χ1) is 14.7. The summed E-state index contributed by atoms with van der Waals surface area (Å²) in [6.45, 7) is 1.73. The number of hydrogen-bond acceptors (Lipinski definition) is 7. The van der Waals surface area contributed by atoms with Gasteiger partial charge in [-0.1, -0.05) is 36.4 Å². The Bertz CT molecular complexity index is 963. The summed E-state index contributed by atoms with van der Waals surface area (Å²) in [6, 6.07) is 15.6. The van der Waals surface area contributed by atoms with Crippen LogP contribution in [0.15, 0.2) is 48.5 Å². The molecule has 0 amide bonds. The number of hydrogen-bond donors (Lipinski definition) is 2. The standard InChI is InChI=1S/C22H26N4O4/c1-28-18-9-8-16(12-19(18)29-2)22-20(14-27)30-11-10-26(22)13-17-21(24-25-23-17)15-6-4-3-5-7-15/h3-9,12,20,22,27H,10-11,13-14H2,1-2H3,(H,23,24,25)/t20-,22-/m0/s1. The average molecular weight is 410 g/mol. The van der Waals surface area contributed by atoms with Crippen molar-refractivity contribution in [1.82, 2.24) is 20.3 Å². The second kappa shape index (κ2) is 9.25. The number of aliphatic hydroxyl groups is 1. The molecule has 1 fully saturated rings. The van der Waals surface area contributed by atoms with Crippen molar-refractivity contribution in [3.63, 3.8) is 0 Å². The highest BCUT2D eigenvalue weighted by molar-refractivity contribution is 5.60. The summed E-state index contributed by atoms with van der Waals surface area (Å²) in [6.07, 6.45) is -0.357. The van der Waals surface area contributed by atoms with Crippen LogP contribution in [0.25, 0.3) is 11.3 Å². The molecule has 8 nitrogen and oxygen atoms in total. The summed E-state index contributed by atoms with van der Waals surface area (Å²) < 4.78 is 16.7. The first kappa shape index (κ1) is 20.3. The van der Waals surface area contributed by atoms with E-state index in [2.05, 4.69) is 20.3 Å². The van der Waals surface area contributed by atoms with E-state index in [4.69, 9.17) is 14.2 Å². The summed E-state index contributed by atoms with van der Waals surface area (Å²) in [5, 5.41) is 21.5. The van der Waals surface area contributed by atoms with Crippen LogP contribution in [0.3, 0.4) is 0 Å². The smallest absolute Gasteiger partial charge is 0.161 e. The molecule has 158 valence electrons. The third kappa shape index (κ3) is 4.02. The number of morpholine rings is 1. The van der Waals surface area contributed by atoms with Crippen molar-refractivity contribution < 1.29 is 19.3 Å². The fourth-order valence-electron chi connectivity index (χ4n) is 3.96. The molecule has 1 aliphatic rings. The monoisotopic (exact) mass is 410 g/mol. The summed E-state index contributed by atoms with van der Waals surface area (Å²) >= 11 is 0. The minimum Gasteiger partial charge on any atom is -0.493 e. The highest BCUT2D eigenvalue weighted by Crippen LogP contribution is 2.36. The molecule has 4 rings (SSSR count). The van der Waals surface area contributed by atoms with Crippen LogP contribution in [0.1, 0.15) is 17.3 Å².